The molecule has 128 valence electrons. The number of non-ortho nitro benzene ring substituents is 1. The molecule has 0 amide bonds. The minimum atomic E-state index is -0.488. The van der Waals surface area contributed by atoms with Gasteiger partial charge in [0.05, 0.1) is 10.6 Å². The molecule has 2 aromatic carbocycles. The Bertz CT molecular complexity index is 760. The summed E-state index contributed by atoms with van der Waals surface area (Å²) in [6, 6.07) is 10.0. The third-order valence-corrected chi connectivity index (χ3v) is 3.90. The second-order valence-electron chi connectivity index (χ2n) is 6.35. The molecule has 5 nitrogen and oxygen atoms in total. The number of phenolic OH excluding ortho intramolecular Hbond substituents is 1. The van der Waals surface area contributed by atoms with Crippen molar-refractivity contribution >= 4 is 44.9 Å². The van der Waals surface area contributed by atoms with Gasteiger partial charge in [-0.05, 0) is 29.0 Å². The molecule has 0 spiro atoms. The molecule has 0 heterocycles. The van der Waals surface area contributed by atoms with Gasteiger partial charge >= 0.3 is 27.3 Å². The summed E-state index contributed by atoms with van der Waals surface area (Å²) in [7, 11) is 0. The number of phenols is 1. The summed E-state index contributed by atoms with van der Waals surface area (Å²) in [5.41, 5.74) is 3.35. The molecule has 0 aromatic heterocycles. The summed E-state index contributed by atoms with van der Waals surface area (Å²) >= 11 is 0. The van der Waals surface area contributed by atoms with Crippen molar-refractivity contribution in [2.75, 3.05) is 0 Å². The van der Waals surface area contributed by atoms with Crippen LogP contribution in [0.15, 0.2) is 41.4 Å². The predicted octanol–water partition coefficient (Wildman–Crippen LogP) is 4.92. The zero-order valence-corrected chi connectivity index (χ0v) is 19.4. The molecule has 0 radical (unpaired) electrons. The summed E-state index contributed by atoms with van der Waals surface area (Å²) in [5, 5.41) is 20.8. The molecule has 0 aliphatic heterocycles. The Morgan fingerprint density at radius 2 is 1.64 bits per heavy atom. The average molecular weight is 531 g/mol. The van der Waals surface area contributed by atoms with Gasteiger partial charge in [0.15, 0.2) is 0 Å². The van der Waals surface area contributed by atoms with Gasteiger partial charge in [0, 0.05) is 23.9 Å². The number of benzene rings is 2. The number of nitro groups is 1. The fourth-order valence-corrected chi connectivity index (χ4v) is 2.55. The topological polar surface area (TPSA) is 75.7 Å². The van der Waals surface area contributed by atoms with Gasteiger partial charge in [-0.1, -0.05) is 45.9 Å². The average Bonchev–Trinajstić information content (AvgIpc) is 2.53. The maximum Gasteiger partial charge on any atom is 1.00 e. The molecule has 0 unspecified atom stereocenters. The first-order valence-electron chi connectivity index (χ1n) is 7.95. The number of aromatic hydroxyl groups is 1. The Hall–Kier alpha value is -1.77. The van der Waals surface area contributed by atoms with E-state index in [1.165, 1.54) is 24.4 Å². The molecule has 0 bridgehead atoms. The van der Waals surface area contributed by atoms with Crippen molar-refractivity contribution in [3.63, 3.8) is 0 Å². The Morgan fingerprint density at radius 3 is 2.12 bits per heavy atom. The van der Waals surface area contributed by atoms with E-state index in [1.807, 2.05) is 18.2 Å². The predicted molar refractivity (Wildman–Crippen MR) is 102 cm³/mol. The summed E-state index contributed by atoms with van der Waals surface area (Å²) in [6.07, 6.45) is 1.50. The van der Waals surface area contributed by atoms with E-state index >= 15 is 0 Å². The van der Waals surface area contributed by atoms with Crippen LogP contribution in [0.1, 0.15) is 56.2 Å². The molecular weight excluding hydrogens is 509 g/mol. The number of nitrogens with zero attached hydrogens (tertiary/aromatic N) is 2. The van der Waals surface area contributed by atoms with Crippen molar-refractivity contribution in [3.05, 3.63) is 63.2 Å². The third kappa shape index (κ3) is 5.10. The molecular formula is C19H22N2O3Tl+. The van der Waals surface area contributed by atoms with Crippen LogP contribution in [-0.2, 0) is 0 Å². The Labute approximate surface area is 168 Å². The molecule has 0 aliphatic rings. The first-order valence-corrected chi connectivity index (χ1v) is 7.95. The molecule has 0 fully saturated rings. The molecule has 2 aromatic rings. The van der Waals surface area contributed by atoms with Crippen molar-refractivity contribution in [3.8, 4) is 5.75 Å². The van der Waals surface area contributed by atoms with Crippen LogP contribution in [0.3, 0.4) is 0 Å². The Kier molecular flexibility index (Phi) is 7.72. The van der Waals surface area contributed by atoms with E-state index in [9.17, 15) is 15.2 Å². The van der Waals surface area contributed by atoms with Crippen LogP contribution in [0.5, 0.6) is 5.75 Å². The summed E-state index contributed by atoms with van der Waals surface area (Å²) < 4.78 is 0. The second-order valence-corrected chi connectivity index (χ2v) is 6.35. The smallest absolute Gasteiger partial charge is 0.507 e. The summed E-state index contributed by atoms with van der Waals surface area (Å²) in [6.45, 7) is 8.40. The van der Waals surface area contributed by atoms with Gasteiger partial charge < -0.3 is 5.11 Å². The fraction of sp³-hybridized carbons (Fsp3) is 0.316. The van der Waals surface area contributed by atoms with Gasteiger partial charge in [-0.25, -0.2) is 0 Å². The molecule has 2 rings (SSSR count). The molecule has 0 saturated carbocycles. The largest absolute Gasteiger partial charge is 1.00 e. The maximum atomic E-state index is 10.9. The van der Waals surface area contributed by atoms with Gasteiger partial charge in [0.25, 0.3) is 5.69 Å². The normalized spacial score (nSPS) is 11.1. The van der Waals surface area contributed by atoms with Crippen molar-refractivity contribution < 1.29 is 10.0 Å². The number of aliphatic imine (C=N–C) groups is 1. The minimum Gasteiger partial charge on any atom is -0.507 e. The number of hydrogen-bond acceptors (Lipinski definition) is 4. The van der Waals surface area contributed by atoms with Gasteiger partial charge in [-0.15, -0.1) is 0 Å². The van der Waals surface area contributed by atoms with Crippen LogP contribution >= 0.6 is 0 Å². The van der Waals surface area contributed by atoms with Crippen LogP contribution in [0.4, 0.5) is 11.4 Å². The van der Waals surface area contributed by atoms with E-state index in [2.05, 4.69) is 32.7 Å². The Balaban J connectivity index is 0.00000312. The standard InChI is InChI=1S/C19H22N2O3.Tl/c1-12(2)16-6-5-7-17(13(3)4)19(16)20-11-14-10-15(21(23)24)8-9-18(14)22;/h5-13,22H,1-4H3;/q;+1. The Morgan fingerprint density at radius 1 is 1.08 bits per heavy atom. The summed E-state index contributed by atoms with van der Waals surface area (Å²) in [5.74, 6) is 0.571. The molecule has 6 heteroatoms. The van der Waals surface area contributed by atoms with Crippen molar-refractivity contribution in [2.24, 2.45) is 4.99 Å². The SMILES string of the molecule is CC(C)c1cccc(C(C)C)c1N=Cc1cc([N+](=O)[O-])ccc1O.[Tl+]. The van der Waals surface area contributed by atoms with Gasteiger partial charge in [-0.2, -0.15) is 0 Å². The fourth-order valence-electron chi connectivity index (χ4n) is 2.55. The van der Waals surface area contributed by atoms with Gasteiger partial charge in [0.1, 0.15) is 5.75 Å². The van der Waals surface area contributed by atoms with Crippen molar-refractivity contribution in [1.29, 1.82) is 0 Å². The molecule has 25 heavy (non-hydrogen) atoms. The van der Waals surface area contributed by atoms with Crippen LogP contribution in [0.2, 0.25) is 0 Å². The van der Waals surface area contributed by atoms with E-state index in [0.717, 1.165) is 16.8 Å². The third-order valence-electron chi connectivity index (χ3n) is 3.90. The molecule has 1 N–H and O–H groups in total. The maximum absolute atomic E-state index is 10.9. The van der Waals surface area contributed by atoms with Gasteiger partial charge in [-0.3, -0.25) is 15.1 Å². The zero-order chi connectivity index (χ0) is 17.9. The summed E-state index contributed by atoms with van der Waals surface area (Å²) in [4.78, 5) is 15.0. The van der Waals surface area contributed by atoms with E-state index < -0.39 is 4.92 Å². The van der Waals surface area contributed by atoms with Crippen LogP contribution < -0.4 is 0 Å². The number of hydrogen-bond donors (Lipinski definition) is 1. The molecule has 0 saturated heterocycles. The number of para-hydroxylation sites is 1. The van der Waals surface area contributed by atoms with E-state index in [4.69, 9.17) is 0 Å². The second kappa shape index (κ2) is 9.08. The zero-order valence-electron chi connectivity index (χ0n) is 14.9. The van der Waals surface area contributed by atoms with E-state index in [-0.39, 0.29) is 38.7 Å². The van der Waals surface area contributed by atoms with E-state index in [1.54, 1.807) is 0 Å². The number of nitro benzene ring substituents is 1. The number of rotatable bonds is 5. The van der Waals surface area contributed by atoms with Crippen LogP contribution in [0.25, 0.3) is 0 Å². The van der Waals surface area contributed by atoms with Crippen molar-refractivity contribution in [2.45, 2.75) is 39.5 Å². The molecule has 0 aliphatic carbocycles. The minimum absolute atomic E-state index is 0. The van der Waals surface area contributed by atoms with Crippen LogP contribution in [0, 0.1) is 10.1 Å². The van der Waals surface area contributed by atoms with Crippen LogP contribution in [-0.4, -0.2) is 43.5 Å². The quantitative estimate of drug-likeness (QED) is 0.258. The van der Waals surface area contributed by atoms with Gasteiger partial charge in [0.2, 0.25) is 0 Å². The monoisotopic (exact) mass is 531 g/mol. The first-order chi connectivity index (χ1) is 11.3. The molecule has 0 atom stereocenters. The van der Waals surface area contributed by atoms with E-state index in [0.29, 0.717) is 17.4 Å². The van der Waals surface area contributed by atoms with Crippen molar-refractivity contribution in [1.82, 2.24) is 0 Å². The first kappa shape index (κ1) is 21.3.